The third kappa shape index (κ3) is 1.79. The van der Waals surface area contributed by atoms with E-state index in [4.69, 9.17) is 16.9 Å². The largest absolute Gasteiger partial charge is 0.275 e. The molecular formula is C12H10BClN4. The smallest absolute Gasteiger partial charge is 0.269 e. The molecule has 0 saturated carbocycles. The number of rotatable bonds is 1. The van der Waals surface area contributed by atoms with Gasteiger partial charge in [0.25, 0.3) is 6.71 Å². The van der Waals surface area contributed by atoms with E-state index >= 15 is 0 Å². The minimum absolute atomic E-state index is 0.0447. The fourth-order valence-electron chi connectivity index (χ4n) is 2.25. The topological polar surface area (TPSA) is 54.5 Å². The summed E-state index contributed by atoms with van der Waals surface area (Å²) in [6.07, 6.45) is 3.24. The van der Waals surface area contributed by atoms with E-state index < -0.39 is 0 Å². The number of halogens is 1. The summed E-state index contributed by atoms with van der Waals surface area (Å²) in [5, 5.41) is 14.1. The first-order valence-corrected chi connectivity index (χ1v) is 6.23. The zero-order valence-electron chi connectivity index (χ0n) is 9.67. The SMILES string of the molecule is N#CB1CCn2nc(-c3ccccn3)c(Cl)c2C1. The molecule has 1 aliphatic heterocycles. The van der Waals surface area contributed by atoms with Crippen LogP contribution in [0.5, 0.6) is 0 Å². The van der Waals surface area contributed by atoms with Gasteiger partial charge in [-0.25, -0.2) is 5.26 Å². The van der Waals surface area contributed by atoms with Crippen molar-refractivity contribution < 1.29 is 0 Å². The lowest BCUT2D eigenvalue weighted by molar-refractivity contribution is 0.616. The molecule has 0 saturated heterocycles. The summed E-state index contributed by atoms with van der Waals surface area (Å²) < 4.78 is 1.90. The molecule has 0 aromatic carbocycles. The Kier molecular flexibility index (Phi) is 2.81. The zero-order valence-corrected chi connectivity index (χ0v) is 10.4. The summed E-state index contributed by atoms with van der Waals surface area (Å²) in [5.41, 5.74) is 2.44. The number of fused-ring (bicyclic) bond motifs is 1. The Morgan fingerprint density at radius 3 is 3.06 bits per heavy atom. The second-order valence-corrected chi connectivity index (χ2v) is 4.74. The third-order valence-electron chi connectivity index (χ3n) is 3.21. The number of aryl methyl sites for hydroxylation is 1. The maximum absolute atomic E-state index is 9.00. The molecule has 3 rings (SSSR count). The van der Waals surface area contributed by atoms with E-state index in [1.165, 1.54) is 0 Å². The second-order valence-electron chi connectivity index (χ2n) is 4.37. The van der Waals surface area contributed by atoms with Gasteiger partial charge in [0.15, 0.2) is 0 Å². The van der Waals surface area contributed by atoms with E-state index in [0.717, 1.165) is 24.3 Å². The Labute approximate surface area is 110 Å². The van der Waals surface area contributed by atoms with E-state index in [2.05, 4.69) is 16.1 Å². The van der Waals surface area contributed by atoms with Crippen LogP contribution in [0.15, 0.2) is 24.4 Å². The van der Waals surface area contributed by atoms with Crippen molar-refractivity contribution in [2.45, 2.75) is 19.2 Å². The molecule has 0 aliphatic carbocycles. The van der Waals surface area contributed by atoms with Gasteiger partial charge in [-0.3, -0.25) is 9.67 Å². The van der Waals surface area contributed by atoms with Crippen molar-refractivity contribution in [1.29, 1.82) is 5.26 Å². The summed E-state index contributed by atoms with van der Waals surface area (Å²) in [7, 11) is 0. The van der Waals surface area contributed by atoms with Crippen LogP contribution in [0.25, 0.3) is 11.4 Å². The van der Waals surface area contributed by atoms with Gasteiger partial charge < -0.3 is 0 Å². The van der Waals surface area contributed by atoms with Crippen molar-refractivity contribution in [3.63, 3.8) is 0 Å². The van der Waals surface area contributed by atoms with E-state index in [1.54, 1.807) is 6.20 Å². The highest BCUT2D eigenvalue weighted by molar-refractivity contribution is 6.66. The molecule has 2 aromatic heterocycles. The Balaban J connectivity index is 2.06. The average Bonchev–Trinajstić information content (AvgIpc) is 2.77. The van der Waals surface area contributed by atoms with Gasteiger partial charge in [-0.15, -0.1) is 0 Å². The van der Waals surface area contributed by atoms with Crippen molar-refractivity contribution in [3.8, 4) is 17.4 Å². The molecule has 6 heteroatoms. The van der Waals surface area contributed by atoms with Crippen LogP contribution in [0.4, 0.5) is 0 Å². The third-order valence-corrected chi connectivity index (χ3v) is 3.61. The minimum atomic E-state index is 0.0447. The molecule has 0 spiro atoms. The molecular weight excluding hydrogens is 246 g/mol. The number of aromatic nitrogens is 3. The summed E-state index contributed by atoms with van der Waals surface area (Å²) in [6.45, 7) is 0.795. The number of nitriles is 1. The fraction of sp³-hybridized carbons (Fsp3) is 0.250. The molecule has 0 fully saturated rings. The fourth-order valence-corrected chi connectivity index (χ4v) is 2.55. The van der Waals surface area contributed by atoms with Crippen molar-refractivity contribution >= 4 is 18.3 Å². The van der Waals surface area contributed by atoms with Gasteiger partial charge in [-0.05, 0) is 24.8 Å². The van der Waals surface area contributed by atoms with Crippen LogP contribution in [-0.2, 0) is 12.9 Å². The molecule has 0 unspecified atom stereocenters. The van der Waals surface area contributed by atoms with Crippen LogP contribution in [0.3, 0.4) is 0 Å². The molecule has 0 atom stereocenters. The average molecular weight is 257 g/mol. The van der Waals surface area contributed by atoms with Crippen molar-refractivity contribution in [3.05, 3.63) is 35.1 Å². The maximum Gasteiger partial charge on any atom is 0.275 e. The highest BCUT2D eigenvalue weighted by atomic mass is 35.5. The van der Waals surface area contributed by atoms with Crippen LogP contribution in [0.2, 0.25) is 11.3 Å². The molecule has 18 heavy (non-hydrogen) atoms. The van der Waals surface area contributed by atoms with Crippen molar-refractivity contribution in [2.75, 3.05) is 0 Å². The molecule has 1 aliphatic rings. The summed E-state index contributed by atoms with van der Waals surface area (Å²) in [4.78, 5) is 4.27. The standard InChI is InChI=1S/C12H10BClN4/c14-11-10-7-13(8-15)4-6-18(10)17-12(11)9-3-1-2-5-16-9/h1-3,5H,4,6-7H2. The molecule has 0 radical (unpaired) electrons. The van der Waals surface area contributed by atoms with E-state index in [0.29, 0.717) is 17.0 Å². The maximum atomic E-state index is 9.00. The monoisotopic (exact) mass is 256 g/mol. The van der Waals surface area contributed by atoms with Crippen LogP contribution in [-0.4, -0.2) is 21.5 Å². The van der Waals surface area contributed by atoms with Gasteiger partial charge in [0.2, 0.25) is 0 Å². The van der Waals surface area contributed by atoms with Crippen LogP contribution in [0.1, 0.15) is 5.69 Å². The molecule has 3 heterocycles. The molecule has 2 aromatic rings. The second kappa shape index (κ2) is 4.47. The van der Waals surface area contributed by atoms with Gasteiger partial charge in [-0.2, -0.15) is 5.10 Å². The van der Waals surface area contributed by atoms with E-state index in [-0.39, 0.29) is 6.71 Å². The normalized spacial score (nSPS) is 14.1. The Hall–Kier alpha value is -1.80. The lowest BCUT2D eigenvalue weighted by Gasteiger charge is -2.15. The molecule has 4 nitrogen and oxygen atoms in total. The van der Waals surface area contributed by atoms with Gasteiger partial charge in [0, 0.05) is 18.7 Å². The quantitative estimate of drug-likeness (QED) is 0.735. The summed E-state index contributed by atoms with van der Waals surface area (Å²) in [6, 6.07) is 5.66. The predicted octanol–water partition coefficient (Wildman–Crippen LogP) is 2.25. The zero-order chi connectivity index (χ0) is 12.5. The number of hydrogen-bond acceptors (Lipinski definition) is 3. The van der Waals surface area contributed by atoms with Crippen LogP contribution < -0.4 is 0 Å². The van der Waals surface area contributed by atoms with Gasteiger partial charge in [0.05, 0.1) is 16.4 Å². The molecule has 0 amide bonds. The lowest BCUT2D eigenvalue weighted by Crippen LogP contribution is -2.26. The first-order valence-electron chi connectivity index (χ1n) is 5.86. The summed E-state index contributed by atoms with van der Waals surface area (Å²) in [5.74, 6) is 2.31. The Morgan fingerprint density at radius 1 is 1.44 bits per heavy atom. The van der Waals surface area contributed by atoms with E-state index in [1.807, 2.05) is 22.9 Å². The lowest BCUT2D eigenvalue weighted by atomic mass is 9.45. The van der Waals surface area contributed by atoms with Gasteiger partial charge in [-0.1, -0.05) is 17.7 Å². The highest BCUT2D eigenvalue weighted by Gasteiger charge is 2.27. The van der Waals surface area contributed by atoms with Crippen LogP contribution >= 0.6 is 11.6 Å². The number of nitrogens with zero attached hydrogens (tertiary/aromatic N) is 4. The number of pyridine rings is 1. The molecule has 0 N–H and O–H groups in total. The minimum Gasteiger partial charge on any atom is -0.269 e. The summed E-state index contributed by atoms with van der Waals surface area (Å²) >= 11 is 6.37. The molecule has 88 valence electrons. The van der Waals surface area contributed by atoms with Crippen molar-refractivity contribution in [1.82, 2.24) is 14.8 Å². The van der Waals surface area contributed by atoms with Gasteiger partial charge in [0.1, 0.15) is 5.69 Å². The Bertz CT molecular complexity index is 617. The van der Waals surface area contributed by atoms with E-state index in [9.17, 15) is 0 Å². The van der Waals surface area contributed by atoms with Gasteiger partial charge >= 0.3 is 0 Å². The first kappa shape index (κ1) is 11.3. The van der Waals surface area contributed by atoms with Crippen molar-refractivity contribution in [2.24, 2.45) is 0 Å². The predicted molar refractivity (Wildman–Crippen MR) is 70.3 cm³/mol. The van der Waals surface area contributed by atoms with Crippen LogP contribution in [0, 0.1) is 11.2 Å². The highest BCUT2D eigenvalue weighted by Crippen LogP contribution is 2.31. The Morgan fingerprint density at radius 2 is 2.33 bits per heavy atom. The number of hydrogen-bond donors (Lipinski definition) is 0. The molecule has 0 bridgehead atoms. The first-order chi connectivity index (χ1) is 8.79.